The van der Waals surface area contributed by atoms with Crippen LogP contribution in [0.3, 0.4) is 0 Å². The first-order valence-electron chi connectivity index (χ1n) is 9.46. The Bertz CT molecular complexity index is 958. The summed E-state index contributed by atoms with van der Waals surface area (Å²) in [6, 6.07) is 5.88. The van der Waals surface area contributed by atoms with Gasteiger partial charge in [-0.05, 0) is 18.2 Å². The topological polar surface area (TPSA) is 93.4 Å². The first-order chi connectivity index (χ1) is 13.4. The predicted octanol–water partition coefficient (Wildman–Crippen LogP) is 1.91. The molecule has 3 aromatic heterocycles. The molecule has 9 nitrogen and oxygen atoms in total. The Labute approximate surface area is 164 Å². The van der Waals surface area contributed by atoms with Gasteiger partial charge in [-0.15, -0.1) is 15.3 Å². The smallest absolute Gasteiger partial charge is 0.178 e. The number of ether oxygens (including phenoxy) is 1. The fraction of sp³-hybridized carbons (Fsp3) is 0.526. The van der Waals surface area contributed by atoms with Crippen LogP contribution in [-0.4, -0.2) is 56.5 Å². The summed E-state index contributed by atoms with van der Waals surface area (Å²) in [5.74, 6) is 3.89. The number of nitrogens with zero attached hydrogens (tertiary/aromatic N) is 7. The van der Waals surface area contributed by atoms with Crippen molar-refractivity contribution in [3.05, 3.63) is 36.0 Å². The summed E-state index contributed by atoms with van der Waals surface area (Å²) in [5.41, 5.74) is 0.675. The highest BCUT2D eigenvalue weighted by Crippen LogP contribution is 2.25. The zero-order valence-corrected chi connectivity index (χ0v) is 16.8. The number of fused-ring (bicyclic) bond motifs is 1. The van der Waals surface area contributed by atoms with E-state index in [0.29, 0.717) is 18.3 Å². The number of anilines is 2. The molecule has 1 saturated heterocycles. The van der Waals surface area contributed by atoms with E-state index in [4.69, 9.17) is 9.84 Å². The van der Waals surface area contributed by atoms with Crippen LogP contribution in [0.5, 0.6) is 0 Å². The molecule has 1 aliphatic heterocycles. The molecule has 0 amide bonds. The van der Waals surface area contributed by atoms with Crippen molar-refractivity contribution in [3.63, 3.8) is 0 Å². The lowest BCUT2D eigenvalue weighted by Crippen LogP contribution is -2.50. The van der Waals surface area contributed by atoms with Crippen molar-refractivity contribution in [2.45, 2.75) is 32.8 Å². The van der Waals surface area contributed by atoms with E-state index in [2.05, 4.69) is 51.2 Å². The monoisotopic (exact) mass is 382 g/mol. The number of rotatable bonds is 6. The number of nitrogens with one attached hydrogen (secondary N) is 1. The fourth-order valence-corrected chi connectivity index (χ4v) is 3.25. The van der Waals surface area contributed by atoms with Crippen molar-refractivity contribution >= 4 is 17.3 Å². The molecule has 0 bridgehead atoms. The van der Waals surface area contributed by atoms with Gasteiger partial charge in [0, 0.05) is 44.3 Å². The van der Waals surface area contributed by atoms with Crippen molar-refractivity contribution in [1.29, 1.82) is 0 Å². The molecule has 0 aromatic carbocycles. The standard InChI is InChI=1S/C19H26N8O/c1-19(2,3)18-24-23-16-5-6-17(25-27(16)18)26-10-13(11-26)9-21-14-7-8-20-15(22-14)12-28-4/h5-8,13H,9-12H2,1-4H3,(H,20,21,22). The minimum absolute atomic E-state index is 0.106. The maximum atomic E-state index is 5.08. The second-order valence-electron chi connectivity index (χ2n) is 8.18. The summed E-state index contributed by atoms with van der Waals surface area (Å²) >= 11 is 0. The molecule has 28 heavy (non-hydrogen) atoms. The molecule has 0 saturated carbocycles. The summed E-state index contributed by atoms with van der Waals surface area (Å²) in [5, 5.41) is 16.7. The van der Waals surface area contributed by atoms with Crippen molar-refractivity contribution < 1.29 is 4.74 Å². The molecule has 0 atom stereocenters. The summed E-state index contributed by atoms with van der Waals surface area (Å²) in [6.07, 6.45) is 1.75. The first kappa shape index (κ1) is 18.5. The third-order valence-corrected chi connectivity index (χ3v) is 4.75. The van der Waals surface area contributed by atoms with E-state index in [0.717, 1.165) is 42.7 Å². The number of hydrogen-bond donors (Lipinski definition) is 1. The third kappa shape index (κ3) is 3.75. The minimum atomic E-state index is -0.106. The Balaban J connectivity index is 1.37. The minimum Gasteiger partial charge on any atom is -0.377 e. The van der Waals surface area contributed by atoms with Gasteiger partial charge >= 0.3 is 0 Å². The fourth-order valence-electron chi connectivity index (χ4n) is 3.25. The Kier molecular flexibility index (Phi) is 4.84. The predicted molar refractivity (Wildman–Crippen MR) is 106 cm³/mol. The normalized spacial score (nSPS) is 15.1. The average molecular weight is 382 g/mol. The average Bonchev–Trinajstić information content (AvgIpc) is 3.04. The Morgan fingerprint density at radius 1 is 1.18 bits per heavy atom. The highest BCUT2D eigenvalue weighted by Gasteiger charge is 2.29. The molecule has 4 heterocycles. The van der Waals surface area contributed by atoms with Crippen LogP contribution < -0.4 is 10.2 Å². The van der Waals surface area contributed by atoms with Crippen molar-refractivity contribution in [1.82, 2.24) is 29.8 Å². The molecule has 1 aliphatic rings. The molecule has 0 radical (unpaired) electrons. The van der Waals surface area contributed by atoms with Gasteiger partial charge in [-0.2, -0.15) is 4.52 Å². The van der Waals surface area contributed by atoms with E-state index in [9.17, 15) is 0 Å². The largest absolute Gasteiger partial charge is 0.377 e. The molecule has 4 rings (SSSR count). The maximum Gasteiger partial charge on any atom is 0.178 e. The van der Waals surface area contributed by atoms with Crippen LogP contribution in [0.25, 0.3) is 5.65 Å². The molecule has 1 N–H and O–H groups in total. The molecular weight excluding hydrogens is 356 g/mol. The second-order valence-corrected chi connectivity index (χ2v) is 8.18. The van der Waals surface area contributed by atoms with Crippen LogP contribution in [0, 0.1) is 5.92 Å². The molecule has 0 unspecified atom stereocenters. The molecule has 9 heteroatoms. The summed E-state index contributed by atoms with van der Waals surface area (Å²) in [7, 11) is 1.64. The molecule has 0 aliphatic carbocycles. The van der Waals surface area contributed by atoms with Crippen LogP contribution in [0.15, 0.2) is 24.4 Å². The van der Waals surface area contributed by atoms with Gasteiger partial charge in [0.2, 0.25) is 0 Å². The molecule has 0 spiro atoms. The van der Waals surface area contributed by atoms with Crippen LogP contribution >= 0.6 is 0 Å². The lowest BCUT2D eigenvalue weighted by atomic mass is 9.96. The van der Waals surface area contributed by atoms with Gasteiger partial charge < -0.3 is 15.0 Å². The van der Waals surface area contributed by atoms with Crippen LogP contribution in [0.1, 0.15) is 32.4 Å². The van der Waals surface area contributed by atoms with E-state index >= 15 is 0 Å². The first-order valence-corrected chi connectivity index (χ1v) is 9.46. The van der Waals surface area contributed by atoms with E-state index < -0.39 is 0 Å². The van der Waals surface area contributed by atoms with Gasteiger partial charge in [-0.1, -0.05) is 20.8 Å². The molecule has 148 valence electrons. The SMILES string of the molecule is COCc1nccc(NCC2CN(c3ccc4nnc(C(C)(C)C)n4n3)C2)n1. The van der Waals surface area contributed by atoms with Crippen molar-refractivity contribution in [2.75, 3.05) is 37.0 Å². The summed E-state index contributed by atoms with van der Waals surface area (Å²) in [6.45, 7) is 9.54. The van der Waals surface area contributed by atoms with E-state index in [1.54, 1.807) is 13.3 Å². The van der Waals surface area contributed by atoms with Gasteiger partial charge in [0.05, 0.1) is 0 Å². The lowest BCUT2D eigenvalue weighted by molar-refractivity contribution is 0.178. The highest BCUT2D eigenvalue weighted by atomic mass is 16.5. The number of aromatic nitrogens is 6. The van der Waals surface area contributed by atoms with E-state index in [1.807, 2.05) is 22.7 Å². The van der Waals surface area contributed by atoms with Crippen LogP contribution in [0.4, 0.5) is 11.6 Å². The summed E-state index contributed by atoms with van der Waals surface area (Å²) in [4.78, 5) is 10.9. The van der Waals surface area contributed by atoms with Gasteiger partial charge in [0.25, 0.3) is 0 Å². The number of methoxy groups -OCH3 is 1. The molecule has 3 aromatic rings. The second kappa shape index (κ2) is 7.31. The Hall–Kier alpha value is -2.81. The van der Waals surface area contributed by atoms with E-state index in [-0.39, 0.29) is 5.41 Å². The van der Waals surface area contributed by atoms with Crippen molar-refractivity contribution in [2.24, 2.45) is 5.92 Å². The van der Waals surface area contributed by atoms with E-state index in [1.165, 1.54) is 0 Å². The van der Waals surface area contributed by atoms with Gasteiger partial charge in [-0.3, -0.25) is 0 Å². The van der Waals surface area contributed by atoms with Crippen LogP contribution in [-0.2, 0) is 16.8 Å². The summed E-state index contributed by atoms with van der Waals surface area (Å²) < 4.78 is 6.94. The lowest BCUT2D eigenvalue weighted by Gasteiger charge is -2.40. The van der Waals surface area contributed by atoms with Crippen LogP contribution in [0.2, 0.25) is 0 Å². The maximum absolute atomic E-state index is 5.08. The molecule has 1 fully saturated rings. The van der Waals surface area contributed by atoms with Crippen molar-refractivity contribution in [3.8, 4) is 0 Å². The Morgan fingerprint density at radius 3 is 2.75 bits per heavy atom. The van der Waals surface area contributed by atoms with Gasteiger partial charge in [0.15, 0.2) is 17.3 Å². The van der Waals surface area contributed by atoms with Gasteiger partial charge in [-0.25, -0.2) is 9.97 Å². The molecular formula is C19H26N8O. The highest BCUT2D eigenvalue weighted by molar-refractivity contribution is 5.48. The Morgan fingerprint density at radius 2 is 2.00 bits per heavy atom. The van der Waals surface area contributed by atoms with Gasteiger partial charge in [0.1, 0.15) is 18.2 Å². The zero-order valence-electron chi connectivity index (χ0n) is 16.8. The zero-order chi connectivity index (χ0) is 19.7. The third-order valence-electron chi connectivity index (χ3n) is 4.75. The quantitative estimate of drug-likeness (QED) is 0.691. The number of hydrogen-bond acceptors (Lipinski definition) is 8.